The maximum Gasteiger partial charge on any atom is 0.331 e. The van der Waals surface area contributed by atoms with Crippen molar-refractivity contribution in [1.82, 2.24) is 4.31 Å². The number of Topliss-reactive ketones (excluding diaryl/α,β-unsaturated/α-hetero) is 1. The van der Waals surface area contributed by atoms with Gasteiger partial charge >= 0.3 is 5.97 Å². The number of rotatable bonds is 7. The number of carbonyl (C=O) groups excluding carboxylic acids is 2. The van der Waals surface area contributed by atoms with E-state index in [1.54, 1.807) is 6.08 Å². The third-order valence-corrected chi connectivity index (χ3v) is 7.39. The lowest BCUT2D eigenvalue weighted by atomic mass is 10.1. The number of hydrogen-bond acceptors (Lipinski definition) is 6. The summed E-state index contributed by atoms with van der Waals surface area (Å²) in [4.78, 5) is 25.1. The van der Waals surface area contributed by atoms with Gasteiger partial charge in [0.2, 0.25) is 10.0 Å². The molecule has 1 aliphatic heterocycles. The van der Waals surface area contributed by atoms with Gasteiger partial charge in [-0.1, -0.05) is 0 Å². The molecular weight excluding hydrogens is 398 g/mol. The van der Waals surface area contributed by atoms with Crippen molar-refractivity contribution in [1.29, 1.82) is 0 Å². The highest BCUT2D eigenvalue weighted by atomic mass is 32.2. The van der Waals surface area contributed by atoms with E-state index in [0.29, 0.717) is 18.7 Å². The Morgan fingerprint density at radius 2 is 1.82 bits per heavy atom. The van der Waals surface area contributed by atoms with Crippen molar-refractivity contribution >= 4 is 39.2 Å². The molecule has 1 aromatic heterocycles. The summed E-state index contributed by atoms with van der Waals surface area (Å²) in [5.74, 6) is -0.992. The van der Waals surface area contributed by atoms with Crippen LogP contribution in [-0.2, 0) is 19.6 Å². The Hall–Kier alpha value is -2.29. The predicted octanol–water partition coefficient (Wildman–Crippen LogP) is 3.28. The summed E-state index contributed by atoms with van der Waals surface area (Å²) in [5, 5.41) is 1.93. The predicted molar refractivity (Wildman–Crippen MR) is 108 cm³/mol. The normalized spacial score (nSPS) is 15.2. The summed E-state index contributed by atoms with van der Waals surface area (Å²) in [6, 6.07) is 7.69. The number of esters is 1. The fourth-order valence-electron chi connectivity index (χ4n) is 2.86. The highest BCUT2D eigenvalue weighted by Gasteiger charge is 2.27. The van der Waals surface area contributed by atoms with Crippen LogP contribution in [0.3, 0.4) is 0 Å². The number of ketones is 1. The van der Waals surface area contributed by atoms with Gasteiger partial charge in [0.25, 0.3) is 0 Å². The van der Waals surface area contributed by atoms with E-state index in [2.05, 4.69) is 0 Å². The Labute approximate surface area is 168 Å². The molecule has 2 aromatic rings. The Balaban J connectivity index is 1.56. The molecule has 2 heterocycles. The lowest BCUT2D eigenvalue weighted by Crippen LogP contribution is -2.27. The average Bonchev–Trinajstić information content (AvgIpc) is 3.37. The molecule has 0 spiro atoms. The van der Waals surface area contributed by atoms with Crippen LogP contribution in [0.4, 0.5) is 0 Å². The van der Waals surface area contributed by atoms with E-state index in [9.17, 15) is 18.0 Å². The molecule has 1 fully saturated rings. The Morgan fingerprint density at radius 1 is 1.14 bits per heavy atom. The number of aryl methyl sites for hydroxylation is 1. The van der Waals surface area contributed by atoms with Gasteiger partial charge in [-0.2, -0.15) is 4.31 Å². The van der Waals surface area contributed by atoms with Crippen LogP contribution in [0, 0.1) is 6.92 Å². The van der Waals surface area contributed by atoms with Gasteiger partial charge in [-0.3, -0.25) is 4.79 Å². The van der Waals surface area contributed by atoms with Crippen LogP contribution in [-0.4, -0.2) is 44.2 Å². The molecule has 0 unspecified atom stereocenters. The summed E-state index contributed by atoms with van der Waals surface area (Å²) in [7, 11) is -3.51. The van der Waals surface area contributed by atoms with E-state index in [1.165, 1.54) is 46.0 Å². The maximum atomic E-state index is 12.5. The van der Waals surface area contributed by atoms with Crippen molar-refractivity contribution < 1.29 is 22.7 Å². The standard InChI is InChI=1S/C20H21NO5S2/c1-15-10-13-27-19(15)8-9-20(23)26-14-18(22)16-4-6-17(7-5-16)28(24,25)21-11-2-3-12-21/h4-10,13H,2-3,11-12,14H2,1H3/b9-8+. The minimum Gasteiger partial charge on any atom is -0.454 e. The van der Waals surface area contributed by atoms with E-state index >= 15 is 0 Å². The topological polar surface area (TPSA) is 80.8 Å². The van der Waals surface area contributed by atoms with Crippen molar-refractivity contribution in [2.75, 3.05) is 19.7 Å². The highest BCUT2D eigenvalue weighted by Crippen LogP contribution is 2.21. The van der Waals surface area contributed by atoms with E-state index < -0.39 is 22.6 Å². The summed E-state index contributed by atoms with van der Waals surface area (Å²) < 4.78 is 31.4. The quantitative estimate of drug-likeness (QED) is 0.391. The second-order valence-electron chi connectivity index (χ2n) is 6.47. The molecule has 8 heteroatoms. The molecule has 3 rings (SSSR count). The third-order valence-electron chi connectivity index (χ3n) is 4.50. The summed E-state index contributed by atoms with van der Waals surface area (Å²) >= 11 is 1.51. The van der Waals surface area contributed by atoms with Crippen LogP contribution in [0.5, 0.6) is 0 Å². The highest BCUT2D eigenvalue weighted by molar-refractivity contribution is 7.89. The number of carbonyl (C=O) groups is 2. The monoisotopic (exact) mass is 419 g/mol. The minimum absolute atomic E-state index is 0.164. The smallest absolute Gasteiger partial charge is 0.331 e. The summed E-state index contributed by atoms with van der Waals surface area (Å²) in [6.07, 6.45) is 4.67. The van der Waals surface area contributed by atoms with E-state index in [4.69, 9.17) is 4.74 Å². The maximum absolute atomic E-state index is 12.5. The van der Waals surface area contributed by atoms with Gasteiger partial charge in [-0.25, -0.2) is 13.2 Å². The first kappa shape index (κ1) is 20.4. The van der Waals surface area contributed by atoms with Gasteiger partial charge in [0.05, 0.1) is 4.90 Å². The van der Waals surface area contributed by atoms with Crippen LogP contribution < -0.4 is 0 Å². The Bertz CT molecular complexity index is 984. The van der Waals surface area contributed by atoms with E-state index in [-0.39, 0.29) is 10.7 Å². The van der Waals surface area contributed by atoms with Crippen LogP contribution in [0.2, 0.25) is 0 Å². The molecule has 0 atom stereocenters. The van der Waals surface area contributed by atoms with Crippen molar-refractivity contribution in [2.24, 2.45) is 0 Å². The minimum atomic E-state index is -3.51. The number of thiophene rings is 1. The van der Waals surface area contributed by atoms with Gasteiger partial charge < -0.3 is 4.74 Å². The van der Waals surface area contributed by atoms with E-state index in [1.807, 2.05) is 18.4 Å². The molecule has 0 N–H and O–H groups in total. The summed E-state index contributed by atoms with van der Waals surface area (Å²) in [6.45, 7) is 2.60. The van der Waals surface area contributed by atoms with Crippen LogP contribution in [0.1, 0.15) is 33.6 Å². The SMILES string of the molecule is Cc1ccsc1/C=C/C(=O)OCC(=O)c1ccc(S(=O)(=O)N2CCCC2)cc1. The molecule has 0 amide bonds. The average molecular weight is 420 g/mol. The first-order valence-corrected chi connectivity index (χ1v) is 11.2. The molecule has 0 bridgehead atoms. The molecule has 0 aliphatic carbocycles. The lowest BCUT2D eigenvalue weighted by molar-refractivity contribution is -0.136. The number of sulfonamides is 1. The van der Waals surface area contributed by atoms with Gasteiger partial charge in [0.15, 0.2) is 12.4 Å². The number of benzene rings is 1. The molecule has 0 saturated carbocycles. The number of nitrogens with zero attached hydrogens (tertiary/aromatic N) is 1. The van der Waals surface area contributed by atoms with E-state index in [0.717, 1.165) is 23.3 Å². The Morgan fingerprint density at radius 3 is 2.43 bits per heavy atom. The molecule has 6 nitrogen and oxygen atoms in total. The van der Waals surface area contributed by atoms with Gasteiger partial charge in [-0.05, 0) is 67.1 Å². The Kier molecular flexibility index (Phi) is 6.43. The number of hydrogen-bond donors (Lipinski definition) is 0. The molecule has 0 radical (unpaired) electrons. The van der Waals surface area contributed by atoms with Crippen molar-refractivity contribution in [2.45, 2.75) is 24.7 Å². The zero-order valence-corrected chi connectivity index (χ0v) is 17.1. The van der Waals surface area contributed by atoms with Crippen LogP contribution in [0.15, 0.2) is 46.7 Å². The first-order valence-electron chi connectivity index (χ1n) is 8.90. The van der Waals surface area contributed by atoms with Crippen molar-refractivity contribution in [3.8, 4) is 0 Å². The lowest BCUT2D eigenvalue weighted by Gasteiger charge is -2.15. The van der Waals surface area contributed by atoms with Crippen molar-refractivity contribution in [3.63, 3.8) is 0 Å². The number of ether oxygens (including phenoxy) is 1. The van der Waals surface area contributed by atoms with Gasteiger partial charge in [-0.15, -0.1) is 11.3 Å². The summed E-state index contributed by atoms with van der Waals surface area (Å²) in [5.41, 5.74) is 1.36. The van der Waals surface area contributed by atoms with Crippen molar-refractivity contribution in [3.05, 3.63) is 57.8 Å². The second-order valence-corrected chi connectivity index (χ2v) is 9.35. The van der Waals surface area contributed by atoms with Gasteiger partial charge in [0, 0.05) is 29.6 Å². The first-order chi connectivity index (χ1) is 13.4. The third kappa shape index (κ3) is 4.76. The molecule has 28 heavy (non-hydrogen) atoms. The van der Waals surface area contributed by atoms with Crippen LogP contribution >= 0.6 is 11.3 Å². The zero-order chi connectivity index (χ0) is 20.1. The van der Waals surface area contributed by atoms with Crippen LogP contribution in [0.25, 0.3) is 6.08 Å². The van der Waals surface area contributed by atoms with Gasteiger partial charge in [0.1, 0.15) is 0 Å². The molecule has 1 aliphatic rings. The molecule has 1 saturated heterocycles. The largest absolute Gasteiger partial charge is 0.454 e. The zero-order valence-electron chi connectivity index (χ0n) is 15.5. The molecule has 1 aromatic carbocycles. The molecule has 148 valence electrons. The fourth-order valence-corrected chi connectivity index (χ4v) is 5.19. The second kappa shape index (κ2) is 8.81. The molecular formula is C20H21NO5S2. The fraction of sp³-hybridized carbons (Fsp3) is 0.300.